The SMILES string of the molecule is O=C(CCC1CCNCC1)NCCc1ccc2c(c1)OCCO2. The lowest BCUT2D eigenvalue weighted by atomic mass is 9.93. The maximum absolute atomic E-state index is 11.9. The van der Waals surface area contributed by atoms with Crippen LogP contribution in [0.4, 0.5) is 0 Å². The van der Waals surface area contributed by atoms with Gasteiger partial charge in [0.05, 0.1) is 0 Å². The molecule has 0 aromatic heterocycles. The molecule has 1 amide bonds. The molecule has 5 heteroatoms. The summed E-state index contributed by atoms with van der Waals surface area (Å²) in [7, 11) is 0. The van der Waals surface area contributed by atoms with E-state index in [1.54, 1.807) is 0 Å². The molecule has 2 N–H and O–H groups in total. The molecule has 23 heavy (non-hydrogen) atoms. The van der Waals surface area contributed by atoms with Crippen molar-refractivity contribution in [1.82, 2.24) is 10.6 Å². The van der Waals surface area contributed by atoms with E-state index in [-0.39, 0.29) is 5.91 Å². The Morgan fingerprint density at radius 3 is 2.78 bits per heavy atom. The first-order valence-electron chi connectivity index (χ1n) is 8.67. The Hall–Kier alpha value is -1.75. The monoisotopic (exact) mass is 318 g/mol. The van der Waals surface area contributed by atoms with Crippen molar-refractivity contribution in [3.05, 3.63) is 23.8 Å². The highest BCUT2D eigenvalue weighted by atomic mass is 16.6. The summed E-state index contributed by atoms with van der Waals surface area (Å²) >= 11 is 0. The smallest absolute Gasteiger partial charge is 0.220 e. The number of nitrogens with one attached hydrogen (secondary N) is 2. The largest absolute Gasteiger partial charge is 0.486 e. The van der Waals surface area contributed by atoms with Gasteiger partial charge in [0.1, 0.15) is 13.2 Å². The van der Waals surface area contributed by atoms with Gasteiger partial charge in [-0.15, -0.1) is 0 Å². The maximum Gasteiger partial charge on any atom is 0.220 e. The van der Waals surface area contributed by atoms with Gasteiger partial charge in [0.15, 0.2) is 11.5 Å². The van der Waals surface area contributed by atoms with Crippen molar-refractivity contribution in [2.75, 3.05) is 32.8 Å². The Morgan fingerprint density at radius 1 is 1.17 bits per heavy atom. The summed E-state index contributed by atoms with van der Waals surface area (Å²) in [6, 6.07) is 5.99. The van der Waals surface area contributed by atoms with Crippen molar-refractivity contribution in [2.24, 2.45) is 5.92 Å². The fraction of sp³-hybridized carbons (Fsp3) is 0.611. The van der Waals surface area contributed by atoms with Gasteiger partial charge >= 0.3 is 0 Å². The lowest BCUT2D eigenvalue weighted by molar-refractivity contribution is -0.121. The molecule has 0 spiro atoms. The Bertz CT molecular complexity index is 527. The molecule has 1 fully saturated rings. The molecule has 0 unspecified atom stereocenters. The molecular formula is C18H26N2O3. The third kappa shape index (κ3) is 4.86. The quantitative estimate of drug-likeness (QED) is 0.841. The molecule has 0 saturated carbocycles. The van der Waals surface area contributed by atoms with Crippen LogP contribution in [0.5, 0.6) is 11.5 Å². The second-order valence-corrected chi connectivity index (χ2v) is 6.31. The van der Waals surface area contributed by atoms with E-state index in [2.05, 4.69) is 10.6 Å². The van der Waals surface area contributed by atoms with Crippen LogP contribution in [0.1, 0.15) is 31.2 Å². The van der Waals surface area contributed by atoms with Gasteiger partial charge in [0.25, 0.3) is 0 Å². The number of benzene rings is 1. The molecule has 126 valence electrons. The first-order valence-corrected chi connectivity index (χ1v) is 8.67. The number of carbonyl (C=O) groups excluding carboxylic acids is 1. The lowest BCUT2D eigenvalue weighted by Gasteiger charge is -2.22. The Labute approximate surface area is 137 Å². The van der Waals surface area contributed by atoms with Crippen LogP contribution in [0.15, 0.2) is 18.2 Å². The number of piperidine rings is 1. The van der Waals surface area contributed by atoms with Crippen LogP contribution in [-0.4, -0.2) is 38.8 Å². The fourth-order valence-electron chi connectivity index (χ4n) is 3.18. The highest BCUT2D eigenvalue weighted by molar-refractivity contribution is 5.75. The van der Waals surface area contributed by atoms with Crippen LogP contribution >= 0.6 is 0 Å². The van der Waals surface area contributed by atoms with Gasteiger partial charge in [0, 0.05) is 13.0 Å². The third-order valence-corrected chi connectivity index (χ3v) is 4.58. The fourth-order valence-corrected chi connectivity index (χ4v) is 3.18. The number of hydrogen-bond acceptors (Lipinski definition) is 4. The van der Waals surface area contributed by atoms with Gasteiger partial charge in [-0.3, -0.25) is 4.79 Å². The summed E-state index contributed by atoms with van der Waals surface area (Å²) in [6.07, 6.45) is 4.87. The predicted octanol–water partition coefficient (Wildman–Crippen LogP) is 1.90. The minimum absolute atomic E-state index is 0.168. The molecule has 0 radical (unpaired) electrons. The van der Waals surface area contributed by atoms with E-state index in [0.717, 1.165) is 43.0 Å². The number of ether oxygens (including phenoxy) is 2. The molecule has 0 aliphatic carbocycles. The van der Waals surface area contributed by atoms with E-state index in [4.69, 9.17) is 9.47 Å². The van der Waals surface area contributed by atoms with E-state index in [9.17, 15) is 4.79 Å². The van der Waals surface area contributed by atoms with Crippen molar-refractivity contribution >= 4 is 5.91 Å². The topological polar surface area (TPSA) is 59.6 Å². The van der Waals surface area contributed by atoms with Crippen molar-refractivity contribution in [1.29, 1.82) is 0 Å². The standard InChI is InChI=1S/C18H26N2O3/c21-18(4-2-14-5-8-19-9-6-14)20-10-7-15-1-3-16-17(13-15)23-12-11-22-16/h1,3,13-14,19H,2,4-12H2,(H,20,21). The summed E-state index contributed by atoms with van der Waals surface area (Å²) in [6.45, 7) is 4.07. The Kier molecular flexibility index (Phi) is 5.75. The van der Waals surface area contributed by atoms with Crippen LogP contribution in [0.2, 0.25) is 0 Å². The molecule has 2 heterocycles. The first kappa shape index (κ1) is 16.1. The predicted molar refractivity (Wildman–Crippen MR) is 89.0 cm³/mol. The van der Waals surface area contributed by atoms with Crippen LogP contribution in [0.25, 0.3) is 0 Å². The van der Waals surface area contributed by atoms with Crippen molar-refractivity contribution < 1.29 is 14.3 Å². The second kappa shape index (κ2) is 8.20. The van der Waals surface area contributed by atoms with Gasteiger partial charge in [-0.2, -0.15) is 0 Å². The van der Waals surface area contributed by atoms with Gasteiger partial charge in [-0.05, 0) is 62.4 Å². The molecule has 3 rings (SSSR count). The molecule has 5 nitrogen and oxygen atoms in total. The summed E-state index contributed by atoms with van der Waals surface area (Å²) in [4.78, 5) is 11.9. The molecule has 2 aliphatic heterocycles. The highest BCUT2D eigenvalue weighted by Crippen LogP contribution is 2.30. The van der Waals surface area contributed by atoms with Gasteiger partial charge in [0.2, 0.25) is 5.91 Å². The van der Waals surface area contributed by atoms with Crippen LogP contribution in [0, 0.1) is 5.92 Å². The van der Waals surface area contributed by atoms with Crippen LogP contribution in [0.3, 0.4) is 0 Å². The minimum Gasteiger partial charge on any atom is -0.486 e. The van der Waals surface area contributed by atoms with E-state index in [0.29, 0.717) is 32.1 Å². The van der Waals surface area contributed by atoms with E-state index < -0.39 is 0 Å². The average Bonchev–Trinajstić information content (AvgIpc) is 2.61. The molecule has 1 saturated heterocycles. The van der Waals surface area contributed by atoms with E-state index in [1.165, 1.54) is 12.8 Å². The molecule has 2 aliphatic rings. The van der Waals surface area contributed by atoms with Gasteiger partial charge in [-0.1, -0.05) is 6.07 Å². The van der Waals surface area contributed by atoms with Crippen molar-refractivity contribution in [3.8, 4) is 11.5 Å². The average molecular weight is 318 g/mol. The second-order valence-electron chi connectivity index (χ2n) is 6.31. The maximum atomic E-state index is 11.9. The van der Waals surface area contributed by atoms with Gasteiger partial charge in [-0.25, -0.2) is 0 Å². The highest BCUT2D eigenvalue weighted by Gasteiger charge is 2.14. The van der Waals surface area contributed by atoms with E-state index in [1.807, 2.05) is 18.2 Å². The third-order valence-electron chi connectivity index (χ3n) is 4.58. The molecule has 0 atom stereocenters. The van der Waals surface area contributed by atoms with Gasteiger partial charge < -0.3 is 20.1 Å². The number of amides is 1. The molecular weight excluding hydrogens is 292 g/mol. The number of carbonyl (C=O) groups is 1. The lowest BCUT2D eigenvalue weighted by Crippen LogP contribution is -2.30. The zero-order chi connectivity index (χ0) is 15.9. The summed E-state index contributed by atoms with van der Waals surface area (Å²) in [5.74, 6) is 2.50. The summed E-state index contributed by atoms with van der Waals surface area (Å²) in [5, 5.41) is 6.38. The van der Waals surface area contributed by atoms with Crippen LogP contribution < -0.4 is 20.1 Å². The summed E-state index contributed by atoms with van der Waals surface area (Å²) < 4.78 is 11.1. The minimum atomic E-state index is 0.168. The van der Waals surface area contributed by atoms with Crippen molar-refractivity contribution in [3.63, 3.8) is 0 Å². The van der Waals surface area contributed by atoms with Crippen LogP contribution in [-0.2, 0) is 11.2 Å². The van der Waals surface area contributed by atoms with E-state index >= 15 is 0 Å². The molecule has 1 aromatic carbocycles. The molecule has 1 aromatic rings. The Balaban J connectivity index is 1.36. The number of rotatable bonds is 6. The summed E-state index contributed by atoms with van der Waals surface area (Å²) in [5.41, 5.74) is 1.16. The van der Waals surface area contributed by atoms with Crippen molar-refractivity contribution in [2.45, 2.75) is 32.1 Å². The molecule has 0 bridgehead atoms. The normalized spacial score (nSPS) is 17.7. The first-order chi connectivity index (χ1) is 11.3. The number of hydrogen-bond donors (Lipinski definition) is 2. The Morgan fingerprint density at radius 2 is 1.96 bits per heavy atom. The number of fused-ring (bicyclic) bond motifs is 1. The zero-order valence-corrected chi connectivity index (χ0v) is 13.6. The zero-order valence-electron chi connectivity index (χ0n) is 13.6.